The molecule has 3 rings (SSSR count). The number of carbonyl (C=O) groups is 2. The zero-order valence-electron chi connectivity index (χ0n) is 17.2. The van der Waals surface area contributed by atoms with Crippen molar-refractivity contribution < 1.29 is 23.8 Å². The second-order valence-electron chi connectivity index (χ2n) is 6.60. The number of nitrogens with zero attached hydrogens (tertiary/aromatic N) is 3. The number of hydrogen-bond acceptors (Lipinski definition) is 6. The highest BCUT2D eigenvalue weighted by Gasteiger charge is 2.24. The van der Waals surface area contributed by atoms with Crippen molar-refractivity contribution in [2.75, 3.05) is 45.8 Å². The number of methoxy groups -OCH3 is 2. The van der Waals surface area contributed by atoms with Crippen LogP contribution in [0.1, 0.15) is 33.3 Å². The predicted octanol–water partition coefficient (Wildman–Crippen LogP) is 1.95. The molecule has 0 atom stereocenters. The van der Waals surface area contributed by atoms with Gasteiger partial charge >= 0.3 is 0 Å². The molecule has 1 aromatic carbocycles. The van der Waals surface area contributed by atoms with Crippen molar-refractivity contribution in [1.29, 1.82) is 0 Å². The molecular formula is C20H26N4O5. The van der Waals surface area contributed by atoms with Crippen molar-refractivity contribution in [3.8, 4) is 11.5 Å². The molecule has 0 spiro atoms. The quantitative estimate of drug-likeness (QED) is 0.794. The van der Waals surface area contributed by atoms with Crippen molar-refractivity contribution in [3.05, 3.63) is 35.2 Å². The molecule has 2 heterocycles. The van der Waals surface area contributed by atoms with Crippen LogP contribution in [0.15, 0.2) is 18.3 Å². The zero-order chi connectivity index (χ0) is 21.0. The van der Waals surface area contributed by atoms with Gasteiger partial charge in [0.15, 0.2) is 11.5 Å². The Morgan fingerprint density at radius 2 is 1.93 bits per heavy atom. The van der Waals surface area contributed by atoms with Crippen LogP contribution < -0.4 is 14.8 Å². The van der Waals surface area contributed by atoms with Crippen LogP contribution in [0, 0.1) is 6.92 Å². The van der Waals surface area contributed by atoms with E-state index in [1.165, 1.54) is 14.2 Å². The van der Waals surface area contributed by atoms with Gasteiger partial charge in [0.1, 0.15) is 0 Å². The van der Waals surface area contributed by atoms with Crippen LogP contribution >= 0.6 is 0 Å². The summed E-state index contributed by atoms with van der Waals surface area (Å²) in [4.78, 5) is 27.5. The van der Waals surface area contributed by atoms with Gasteiger partial charge in [-0.2, -0.15) is 5.10 Å². The smallest absolute Gasteiger partial charge is 0.259 e. The Kier molecular flexibility index (Phi) is 6.38. The third kappa shape index (κ3) is 4.34. The van der Waals surface area contributed by atoms with Gasteiger partial charge in [-0.3, -0.25) is 14.3 Å². The lowest BCUT2D eigenvalue weighted by atomic mass is 10.1. The molecule has 1 aromatic heterocycles. The molecule has 156 valence electrons. The minimum Gasteiger partial charge on any atom is -0.493 e. The molecule has 2 aromatic rings. The number of hydrogen-bond donors (Lipinski definition) is 1. The Bertz CT molecular complexity index is 903. The number of amides is 2. The summed E-state index contributed by atoms with van der Waals surface area (Å²) in [5, 5.41) is 7.14. The van der Waals surface area contributed by atoms with Crippen molar-refractivity contribution in [3.63, 3.8) is 0 Å². The molecule has 0 aliphatic carbocycles. The van der Waals surface area contributed by atoms with E-state index in [1.54, 1.807) is 34.8 Å². The molecule has 1 aliphatic rings. The van der Waals surface area contributed by atoms with E-state index in [0.29, 0.717) is 66.9 Å². The molecule has 2 amide bonds. The number of carbonyl (C=O) groups excluding carboxylic acids is 2. The van der Waals surface area contributed by atoms with E-state index in [9.17, 15) is 9.59 Å². The SMILES string of the molecule is CCn1cc(C(=O)Nc2cc(C(=O)N3CCOCC3)cc(OC)c2OC)c(C)n1. The number of anilines is 1. The first-order valence-corrected chi connectivity index (χ1v) is 9.46. The van der Waals surface area contributed by atoms with E-state index in [2.05, 4.69) is 10.4 Å². The maximum Gasteiger partial charge on any atom is 0.259 e. The molecule has 0 unspecified atom stereocenters. The normalized spacial score (nSPS) is 13.9. The zero-order valence-corrected chi connectivity index (χ0v) is 17.2. The highest BCUT2D eigenvalue weighted by Crippen LogP contribution is 2.37. The van der Waals surface area contributed by atoms with Crippen molar-refractivity contribution in [2.24, 2.45) is 0 Å². The first-order valence-electron chi connectivity index (χ1n) is 9.46. The molecule has 1 fully saturated rings. The minimum absolute atomic E-state index is 0.153. The van der Waals surface area contributed by atoms with Crippen LogP contribution in [0.5, 0.6) is 11.5 Å². The maximum absolute atomic E-state index is 12.9. The average molecular weight is 402 g/mol. The van der Waals surface area contributed by atoms with Gasteiger partial charge in [0.2, 0.25) is 0 Å². The molecule has 0 saturated carbocycles. The van der Waals surface area contributed by atoms with Gasteiger partial charge in [-0.05, 0) is 26.0 Å². The predicted molar refractivity (Wildman–Crippen MR) is 107 cm³/mol. The van der Waals surface area contributed by atoms with Gasteiger partial charge in [-0.1, -0.05) is 0 Å². The number of ether oxygens (including phenoxy) is 3. The fraction of sp³-hybridized carbons (Fsp3) is 0.450. The lowest BCUT2D eigenvalue weighted by Gasteiger charge is -2.27. The highest BCUT2D eigenvalue weighted by molar-refractivity contribution is 6.07. The number of nitrogens with one attached hydrogen (secondary N) is 1. The fourth-order valence-corrected chi connectivity index (χ4v) is 3.22. The lowest BCUT2D eigenvalue weighted by Crippen LogP contribution is -2.40. The summed E-state index contributed by atoms with van der Waals surface area (Å²) >= 11 is 0. The monoisotopic (exact) mass is 402 g/mol. The van der Waals surface area contributed by atoms with Crippen LogP contribution in [0.2, 0.25) is 0 Å². The third-order valence-electron chi connectivity index (χ3n) is 4.79. The molecule has 1 saturated heterocycles. The molecule has 9 nitrogen and oxygen atoms in total. The summed E-state index contributed by atoms with van der Waals surface area (Å²) < 4.78 is 17.8. The number of benzene rings is 1. The highest BCUT2D eigenvalue weighted by atomic mass is 16.5. The van der Waals surface area contributed by atoms with E-state index < -0.39 is 0 Å². The number of morpholine rings is 1. The Labute approximate surface area is 169 Å². The maximum atomic E-state index is 12.9. The number of aryl methyl sites for hydroxylation is 2. The second-order valence-corrected chi connectivity index (χ2v) is 6.60. The summed E-state index contributed by atoms with van der Waals surface area (Å²) in [5.74, 6) is 0.223. The Morgan fingerprint density at radius 3 is 2.52 bits per heavy atom. The van der Waals surface area contributed by atoms with Gasteiger partial charge in [0, 0.05) is 31.4 Å². The second kappa shape index (κ2) is 8.95. The van der Waals surface area contributed by atoms with Crippen LogP contribution in [-0.4, -0.2) is 67.0 Å². The largest absolute Gasteiger partial charge is 0.493 e. The first-order chi connectivity index (χ1) is 14.0. The summed E-state index contributed by atoms with van der Waals surface area (Å²) in [6.07, 6.45) is 1.69. The van der Waals surface area contributed by atoms with E-state index in [-0.39, 0.29) is 11.8 Å². The molecule has 1 aliphatic heterocycles. The van der Waals surface area contributed by atoms with Gasteiger partial charge < -0.3 is 24.4 Å². The van der Waals surface area contributed by atoms with E-state index in [0.717, 1.165) is 0 Å². The van der Waals surface area contributed by atoms with Crippen LogP contribution in [0.3, 0.4) is 0 Å². The van der Waals surface area contributed by atoms with Gasteiger partial charge in [-0.15, -0.1) is 0 Å². The number of rotatable bonds is 6. The van der Waals surface area contributed by atoms with Gasteiger partial charge in [-0.25, -0.2) is 0 Å². The Hall–Kier alpha value is -3.07. The van der Waals surface area contributed by atoms with Gasteiger partial charge in [0.25, 0.3) is 11.8 Å². The van der Waals surface area contributed by atoms with Crippen molar-refractivity contribution in [2.45, 2.75) is 20.4 Å². The van der Waals surface area contributed by atoms with Crippen molar-refractivity contribution in [1.82, 2.24) is 14.7 Å². The Morgan fingerprint density at radius 1 is 1.21 bits per heavy atom. The van der Waals surface area contributed by atoms with Crippen molar-refractivity contribution >= 4 is 17.5 Å². The van der Waals surface area contributed by atoms with Crippen LogP contribution in [0.4, 0.5) is 5.69 Å². The molecular weight excluding hydrogens is 376 g/mol. The summed E-state index contributed by atoms with van der Waals surface area (Å²) in [6.45, 7) is 6.43. The van der Waals surface area contributed by atoms with Crippen LogP contribution in [-0.2, 0) is 11.3 Å². The summed E-state index contributed by atoms with van der Waals surface area (Å²) in [5.41, 5.74) is 1.84. The van der Waals surface area contributed by atoms with E-state index in [1.807, 2.05) is 6.92 Å². The minimum atomic E-state index is -0.335. The third-order valence-corrected chi connectivity index (χ3v) is 4.79. The average Bonchev–Trinajstić information content (AvgIpc) is 3.14. The molecule has 0 bridgehead atoms. The molecule has 1 N–H and O–H groups in total. The lowest BCUT2D eigenvalue weighted by molar-refractivity contribution is 0.0302. The fourth-order valence-electron chi connectivity index (χ4n) is 3.22. The van der Waals surface area contributed by atoms with E-state index in [4.69, 9.17) is 14.2 Å². The molecule has 0 radical (unpaired) electrons. The summed E-state index contributed by atoms with van der Waals surface area (Å²) in [6, 6.07) is 3.23. The Balaban J connectivity index is 1.94. The first kappa shape index (κ1) is 20.7. The van der Waals surface area contributed by atoms with Crippen LogP contribution in [0.25, 0.3) is 0 Å². The van der Waals surface area contributed by atoms with E-state index >= 15 is 0 Å². The molecule has 9 heteroatoms. The standard InChI is InChI=1S/C20H26N4O5/c1-5-24-12-15(13(2)22-24)19(25)21-16-10-14(11-17(27-3)18(16)28-4)20(26)23-6-8-29-9-7-23/h10-12H,5-9H2,1-4H3,(H,21,25). The number of aromatic nitrogens is 2. The topological polar surface area (TPSA) is 94.9 Å². The summed E-state index contributed by atoms with van der Waals surface area (Å²) in [7, 11) is 2.97. The molecule has 29 heavy (non-hydrogen) atoms. The van der Waals surface area contributed by atoms with Gasteiger partial charge in [0.05, 0.1) is 44.4 Å².